The van der Waals surface area contributed by atoms with Crippen LogP contribution in [0.1, 0.15) is 21.5 Å². The second kappa shape index (κ2) is 7.97. The van der Waals surface area contributed by atoms with Gasteiger partial charge in [-0.25, -0.2) is 4.79 Å². The molecule has 1 N–H and O–H groups in total. The SMILES string of the molecule is COC(=O)c1ccc(C)c(NC(=O)COc2ccc(Br)c(C)c2)c1. The molecule has 0 aliphatic heterocycles. The highest BCUT2D eigenvalue weighted by molar-refractivity contribution is 9.10. The van der Waals surface area contributed by atoms with Crippen LogP contribution in [0.5, 0.6) is 5.75 Å². The van der Waals surface area contributed by atoms with Gasteiger partial charge in [-0.1, -0.05) is 22.0 Å². The molecule has 0 aliphatic carbocycles. The Morgan fingerprint density at radius 2 is 1.83 bits per heavy atom. The van der Waals surface area contributed by atoms with Crippen molar-refractivity contribution in [2.75, 3.05) is 19.0 Å². The number of methoxy groups -OCH3 is 1. The summed E-state index contributed by atoms with van der Waals surface area (Å²) in [4.78, 5) is 23.6. The van der Waals surface area contributed by atoms with Crippen LogP contribution >= 0.6 is 15.9 Å². The number of carbonyl (C=O) groups excluding carboxylic acids is 2. The maximum atomic E-state index is 12.1. The summed E-state index contributed by atoms with van der Waals surface area (Å²) >= 11 is 3.41. The highest BCUT2D eigenvalue weighted by Gasteiger charge is 2.11. The Bertz CT molecular complexity index is 774. The van der Waals surface area contributed by atoms with Gasteiger partial charge >= 0.3 is 5.97 Å². The number of carbonyl (C=O) groups is 2. The lowest BCUT2D eigenvalue weighted by Crippen LogP contribution is -2.21. The minimum absolute atomic E-state index is 0.122. The number of nitrogens with one attached hydrogen (secondary N) is 1. The van der Waals surface area contributed by atoms with Crippen molar-refractivity contribution in [3.63, 3.8) is 0 Å². The second-order valence-electron chi connectivity index (χ2n) is 5.27. The second-order valence-corrected chi connectivity index (χ2v) is 6.12. The molecule has 24 heavy (non-hydrogen) atoms. The molecule has 2 rings (SSSR count). The number of ether oxygens (including phenoxy) is 2. The molecule has 0 unspecified atom stereocenters. The van der Waals surface area contributed by atoms with Gasteiger partial charge in [0.1, 0.15) is 5.75 Å². The first-order valence-corrected chi connectivity index (χ1v) is 8.08. The lowest BCUT2D eigenvalue weighted by Gasteiger charge is -2.11. The van der Waals surface area contributed by atoms with E-state index in [1.807, 2.05) is 26.0 Å². The maximum Gasteiger partial charge on any atom is 0.337 e. The molecule has 0 aliphatic rings. The molecule has 0 spiro atoms. The number of hydrogen-bond donors (Lipinski definition) is 1. The largest absolute Gasteiger partial charge is 0.484 e. The highest BCUT2D eigenvalue weighted by atomic mass is 79.9. The molecule has 0 fully saturated rings. The zero-order valence-corrected chi connectivity index (χ0v) is 15.3. The van der Waals surface area contributed by atoms with E-state index in [1.54, 1.807) is 24.3 Å². The highest BCUT2D eigenvalue weighted by Crippen LogP contribution is 2.22. The molecular weight excluding hydrogens is 374 g/mol. The number of anilines is 1. The molecule has 0 saturated carbocycles. The van der Waals surface area contributed by atoms with E-state index in [0.717, 1.165) is 15.6 Å². The summed E-state index contributed by atoms with van der Waals surface area (Å²) in [6, 6.07) is 10.5. The summed E-state index contributed by atoms with van der Waals surface area (Å²) in [5.41, 5.74) is 2.80. The Morgan fingerprint density at radius 3 is 2.50 bits per heavy atom. The van der Waals surface area contributed by atoms with Crippen molar-refractivity contribution in [1.82, 2.24) is 0 Å². The molecule has 0 aromatic heterocycles. The lowest BCUT2D eigenvalue weighted by molar-refractivity contribution is -0.118. The normalized spacial score (nSPS) is 10.2. The third-order valence-electron chi connectivity index (χ3n) is 3.43. The number of benzene rings is 2. The van der Waals surface area contributed by atoms with Gasteiger partial charge in [0.25, 0.3) is 5.91 Å². The summed E-state index contributed by atoms with van der Waals surface area (Å²) in [6.45, 7) is 3.66. The van der Waals surface area contributed by atoms with E-state index in [9.17, 15) is 9.59 Å². The fourth-order valence-corrected chi connectivity index (χ4v) is 2.29. The predicted molar refractivity (Wildman–Crippen MR) is 95.5 cm³/mol. The van der Waals surface area contributed by atoms with Gasteiger partial charge in [-0.15, -0.1) is 0 Å². The molecule has 0 saturated heterocycles. The quantitative estimate of drug-likeness (QED) is 0.785. The van der Waals surface area contributed by atoms with Crippen molar-refractivity contribution >= 4 is 33.5 Å². The Hall–Kier alpha value is -2.34. The third kappa shape index (κ3) is 4.58. The van der Waals surface area contributed by atoms with Gasteiger partial charge < -0.3 is 14.8 Å². The maximum absolute atomic E-state index is 12.1. The molecule has 0 radical (unpaired) electrons. The molecular formula is C18H18BrNO4. The zero-order valence-electron chi connectivity index (χ0n) is 13.7. The van der Waals surface area contributed by atoms with Crippen molar-refractivity contribution in [1.29, 1.82) is 0 Å². The van der Waals surface area contributed by atoms with E-state index in [-0.39, 0.29) is 12.5 Å². The molecule has 2 aromatic rings. The monoisotopic (exact) mass is 391 g/mol. The number of amides is 1. The van der Waals surface area contributed by atoms with Crippen LogP contribution in [-0.4, -0.2) is 25.6 Å². The van der Waals surface area contributed by atoms with Crippen molar-refractivity contribution in [3.8, 4) is 5.75 Å². The van der Waals surface area contributed by atoms with Crippen molar-refractivity contribution in [2.24, 2.45) is 0 Å². The number of rotatable bonds is 5. The van der Waals surface area contributed by atoms with Gasteiger partial charge in [-0.05, 0) is 55.3 Å². The Labute approximate surface area is 149 Å². The predicted octanol–water partition coefficient (Wildman–Crippen LogP) is 3.87. The van der Waals surface area contributed by atoms with Gasteiger partial charge in [0, 0.05) is 10.2 Å². The van der Waals surface area contributed by atoms with Crippen LogP contribution in [0.15, 0.2) is 40.9 Å². The van der Waals surface area contributed by atoms with E-state index in [2.05, 4.69) is 26.0 Å². The van der Waals surface area contributed by atoms with Gasteiger partial charge in [0.15, 0.2) is 6.61 Å². The number of aryl methyl sites for hydroxylation is 2. The Balaban J connectivity index is 2.01. The van der Waals surface area contributed by atoms with Gasteiger partial charge in [-0.3, -0.25) is 4.79 Å². The topological polar surface area (TPSA) is 64.6 Å². The fourth-order valence-electron chi connectivity index (χ4n) is 2.04. The molecule has 6 heteroatoms. The van der Waals surface area contributed by atoms with Gasteiger partial charge in [0.05, 0.1) is 12.7 Å². The van der Waals surface area contributed by atoms with Crippen LogP contribution in [0.3, 0.4) is 0 Å². The summed E-state index contributed by atoms with van der Waals surface area (Å²) < 4.78 is 11.2. The third-order valence-corrected chi connectivity index (χ3v) is 4.32. The Morgan fingerprint density at radius 1 is 1.08 bits per heavy atom. The first-order valence-electron chi connectivity index (χ1n) is 7.28. The first-order chi connectivity index (χ1) is 11.4. The molecule has 0 atom stereocenters. The molecule has 126 valence electrons. The molecule has 2 aromatic carbocycles. The summed E-state index contributed by atoms with van der Waals surface area (Å²) in [7, 11) is 1.31. The van der Waals surface area contributed by atoms with E-state index >= 15 is 0 Å². The van der Waals surface area contributed by atoms with Crippen molar-refractivity contribution in [2.45, 2.75) is 13.8 Å². The van der Waals surface area contributed by atoms with E-state index in [4.69, 9.17) is 4.74 Å². The van der Waals surface area contributed by atoms with Crippen LogP contribution in [0.4, 0.5) is 5.69 Å². The zero-order chi connectivity index (χ0) is 17.7. The summed E-state index contributed by atoms with van der Waals surface area (Å²) in [5.74, 6) is -0.140. The van der Waals surface area contributed by atoms with E-state index < -0.39 is 5.97 Å². The van der Waals surface area contributed by atoms with Gasteiger partial charge in [-0.2, -0.15) is 0 Å². The van der Waals surface area contributed by atoms with Crippen molar-refractivity contribution < 1.29 is 19.1 Å². The first kappa shape index (κ1) is 18.0. The number of halogens is 1. The van der Waals surface area contributed by atoms with Crippen LogP contribution < -0.4 is 10.1 Å². The molecule has 5 nitrogen and oxygen atoms in total. The van der Waals surface area contributed by atoms with Crippen LogP contribution in [-0.2, 0) is 9.53 Å². The number of hydrogen-bond acceptors (Lipinski definition) is 4. The van der Waals surface area contributed by atoms with Crippen LogP contribution in [0.25, 0.3) is 0 Å². The van der Waals surface area contributed by atoms with Crippen LogP contribution in [0.2, 0.25) is 0 Å². The summed E-state index contributed by atoms with van der Waals surface area (Å²) in [6.07, 6.45) is 0. The minimum atomic E-state index is -0.452. The van der Waals surface area contributed by atoms with E-state index in [0.29, 0.717) is 17.0 Å². The van der Waals surface area contributed by atoms with Crippen LogP contribution in [0, 0.1) is 13.8 Å². The molecule has 1 amide bonds. The minimum Gasteiger partial charge on any atom is -0.484 e. The van der Waals surface area contributed by atoms with E-state index in [1.165, 1.54) is 7.11 Å². The standard InChI is InChI=1S/C18H18BrNO4/c1-11-4-5-13(18(22)23-3)9-16(11)20-17(21)10-24-14-6-7-15(19)12(2)8-14/h4-9H,10H2,1-3H3,(H,20,21). The average molecular weight is 392 g/mol. The molecule has 0 bridgehead atoms. The summed E-state index contributed by atoms with van der Waals surface area (Å²) in [5, 5.41) is 2.74. The van der Waals surface area contributed by atoms with Gasteiger partial charge in [0.2, 0.25) is 0 Å². The fraction of sp³-hybridized carbons (Fsp3) is 0.222. The molecule has 0 heterocycles. The lowest BCUT2D eigenvalue weighted by atomic mass is 10.1. The smallest absolute Gasteiger partial charge is 0.337 e. The average Bonchev–Trinajstić information content (AvgIpc) is 2.57. The number of esters is 1. The van der Waals surface area contributed by atoms with Crippen molar-refractivity contribution in [3.05, 3.63) is 57.6 Å². The Kier molecular flexibility index (Phi) is 5.98.